The smallest absolute Gasteiger partial charge is 0.191 e. The normalized spacial score (nSPS) is 15.0. The van der Waals surface area contributed by atoms with Gasteiger partial charge in [0.25, 0.3) is 0 Å². The fourth-order valence-electron chi connectivity index (χ4n) is 2.36. The fraction of sp³-hybridized carbons (Fsp3) is 0.500. The molecule has 0 bridgehead atoms. The molecule has 1 aliphatic carbocycles. The van der Waals surface area contributed by atoms with Gasteiger partial charge in [-0.05, 0) is 44.7 Å². The third-order valence-corrected chi connectivity index (χ3v) is 3.53. The Bertz CT molecular complexity index is 462. The van der Waals surface area contributed by atoms with E-state index in [4.69, 9.17) is 4.74 Å². The maximum absolute atomic E-state index is 5.68. The molecule has 0 unspecified atom stereocenters. The van der Waals surface area contributed by atoms with Crippen LogP contribution in [0, 0.1) is 0 Å². The molecule has 0 saturated heterocycles. The predicted octanol–water partition coefficient (Wildman–Crippen LogP) is 3.12. The van der Waals surface area contributed by atoms with Crippen LogP contribution in [0.15, 0.2) is 47.5 Å². The Hall–Kier alpha value is -1.97. The molecular formula is C18H27N3O. The quantitative estimate of drug-likeness (QED) is 0.336. The third-order valence-electron chi connectivity index (χ3n) is 3.53. The average molecular weight is 301 g/mol. The fourth-order valence-corrected chi connectivity index (χ4v) is 2.36. The lowest BCUT2D eigenvalue weighted by Gasteiger charge is -2.16. The molecular weight excluding hydrogens is 274 g/mol. The number of benzene rings is 1. The Labute approximate surface area is 133 Å². The number of nitrogens with one attached hydrogen (secondary N) is 2. The minimum atomic E-state index is 0.499. The summed E-state index contributed by atoms with van der Waals surface area (Å²) < 4.78 is 5.68. The van der Waals surface area contributed by atoms with E-state index in [0.717, 1.165) is 57.1 Å². The van der Waals surface area contributed by atoms with Crippen molar-refractivity contribution in [2.45, 2.75) is 38.6 Å². The number of nitrogens with zero attached hydrogens (tertiary/aromatic N) is 1. The third kappa shape index (κ3) is 6.20. The standard InChI is InChI=1S/C18H27N3O/c1-2-19-18(21-16-10-6-7-11-16)20-14-8-9-15-22-17-12-4-3-5-13-17/h3-7,12-13,16H,2,8-11,14-15H2,1H3,(H2,19,20,21). The summed E-state index contributed by atoms with van der Waals surface area (Å²) in [6.45, 7) is 4.56. The van der Waals surface area contributed by atoms with Crippen LogP contribution < -0.4 is 15.4 Å². The van der Waals surface area contributed by atoms with Gasteiger partial charge in [0.1, 0.15) is 5.75 Å². The summed E-state index contributed by atoms with van der Waals surface area (Å²) in [5, 5.41) is 6.78. The van der Waals surface area contributed by atoms with Gasteiger partial charge in [0.15, 0.2) is 5.96 Å². The van der Waals surface area contributed by atoms with Gasteiger partial charge in [-0.15, -0.1) is 0 Å². The number of rotatable bonds is 8. The molecule has 1 aromatic rings. The number of ether oxygens (including phenoxy) is 1. The van der Waals surface area contributed by atoms with Crippen LogP contribution in [0.2, 0.25) is 0 Å². The van der Waals surface area contributed by atoms with Crippen LogP contribution in [-0.4, -0.2) is 31.7 Å². The molecule has 0 atom stereocenters. The highest BCUT2D eigenvalue weighted by Gasteiger charge is 2.11. The molecule has 0 spiro atoms. The lowest BCUT2D eigenvalue weighted by molar-refractivity contribution is 0.308. The molecule has 0 aliphatic heterocycles. The van der Waals surface area contributed by atoms with Crippen molar-refractivity contribution in [3.05, 3.63) is 42.5 Å². The summed E-state index contributed by atoms with van der Waals surface area (Å²) in [4.78, 5) is 4.63. The average Bonchev–Trinajstić information content (AvgIpc) is 3.05. The molecule has 0 amide bonds. The molecule has 0 fully saturated rings. The predicted molar refractivity (Wildman–Crippen MR) is 92.4 cm³/mol. The summed E-state index contributed by atoms with van der Waals surface area (Å²) in [6.07, 6.45) is 8.68. The van der Waals surface area contributed by atoms with Crippen molar-refractivity contribution in [2.75, 3.05) is 19.7 Å². The molecule has 0 saturated carbocycles. The van der Waals surface area contributed by atoms with E-state index in [0.29, 0.717) is 6.04 Å². The number of guanidine groups is 1. The Kier molecular flexibility index (Phi) is 7.36. The van der Waals surface area contributed by atoms with Crippen molar-refractivity contribution < 1.29 is 4.74 Å². The van der Waals surface area contributed by atoms with Crippen molar-refractivity contribution in [3.8, 4) is 5.75 Å². The van der Waals surface area contributed by atoms with Crippen LogP contribution in [0.5, 0.6) is 5.75 Å². The monoisotopic (exact) mass is 301 g/mol. The van der Waals surface area contributed by atoms with Gasteiger partial charge in [-0.3, -0.25) is 4.99 Å². The van der Waals surface area contributed by atoms with E-state index in [1.165, 1.54) is 0 Å². The van der Waals surface area contributed by atoms with Crippen molar-refractivity contribution >= 4 is 5.96 Å². The van der Waals surface area contributed by atoms with E-state index in [2.05, 4.69) is 34.7 Å². The summed E-state index contributed by atoms with van der Waals surface area (Å²) in [5.74, 6) is 1.87. The zero-order valence-corrected chi connectivity index (χ0v) is 13.4. The van der Waals surface area contributed by atoms with E-state index in [1.807, 2.05) is 30.3 Å². The maximum Gasteiger partial charge on any atom is 0.191 e. The second kappa shape index (κ2) is 9.87. The minimum absolute atomic E-state index is 0.499. The van der Waals surface area contributed by atoms with E-state index in [-0.39, 0.29) is 0 Å². The Balaban J connectivity index is 1.61. The summed E-state index contributed by atoms with van der Waals surface area (Å²) >= 11 is 0. The molecule has 22 heavy (non-hydrogen) atoms. The summed E-state index contributed by atoms with van der Waals surface area (Å²) in [7, 11) is 0. The number of unbranched alkanes of at least 4 members (excludes halogenated alkanes) is 1. The van der Waals surface area contributed by atoms with Gasteiger partial charge in [0.2, 0.25) is 0 Å². The molecule has 1 aliphatic rings. The molecule has 0 radical (unpaired) electrons. The minimum Gasteiger partial charge on any atom is -0.494 e. The molecule has 0 heterocycles. The second-order valence-electron chi connectivity index (χ2n) is 5.41. The first-order chi connectivity index (χ1) is 10.9. The first kappa shape index (κ1) is 16.4. The zero-order valence-electron chi connectivity index (χ0n) is 13.4. The number of para-hydroxylation sites is 1. The Morgan fingerprint density at radius 3 is 2.68 bits per heavy atom. The van der Waals surface area contributed by atoms with Crippen LogP contribution in [0.3, 0.4) is 0 Å². The van der Waals surface area contributed by atoms with E-state index >= 15 is 0 Å². The van der Waals surface area contributed by atoms with Crippen LogP contribution in [-0.2, 0) is 0 Å². The lowest BCUT2D eigenvalue weighted by Crippen LogP contribution is -2.42. The van der Waals surface area contributed by atoms with E-state index in [9.17, 15) is 0 Å². The van der Waals surface area contributed by atoms with Crippen LogP contribution in [0.4, 0.5) is 0 Å². The summed E-state index contributed by atoms with van der Waals surface area (Å²) in [5.41, 5.74) is 0. The molecule has 120 valence electrons. The highest BCUT2D eigenvalue weighted by atomic mass is 16.5. The van der Waals surface area contributed by atoms with Gasteiger partial charge in [0.05, 0.1) is 6.61 Å². The molecule has 4 heteroatoms. The van der Waals surface area contributed by atoms with Gasteiger partial charge < -0.3 is 15.4 Å². The van der Waals surface area contributed by atoms with Gasteiger partial charge in [-0.2, -0.15) is 0 Å². The molecule has 2 rings (SSSR count). The largest absolute Gasteiger partial charge is 0.494 e. The van der Waals surface area contributed by atoms with Crippen LogP contribution >= 0.6 is 0 Å². The van der Waals surface area contributed by atoms with E-state index < -0.39 is 0 Å². The Morgan fingerprint density at radius 1 is 1.18 bits per heavy atom. The maximum atomic E-state index is 5.68. The van der Waals surface area contributed by atoms with Crippen molar-refractivity contribution in [1.29, 1.82) is 0 Å². The second-order valence-corrected chi connectivity index (χ2v) is 5.41. The number of aliphatic imine (C=N–C) groups is 1. The number of hydrogen-bond acceptors (Lipinski definition) is 2. The highest BCUT2D eigenvalue weighted by Crippen LogP contribution is 2.09. The van der Waals surface area contributed by atoms with Crippen LogP contribution in [0.1, 0.15) is 32.6 Å². The Morgan fingerprint density at radius 2 is 1.95 bits per heavy atom. The first-order valence-corrected chi connectivity index (χ1v) is 8.26. The SMILES string of the molecule is CCNC(=NCCCCOc1ccccc1)NC1CC=CC1. The van der Waals surface area contributed by atoms with Crippen molar-refractivity contribution in [1.82, 2.24) is 10.6 Å². The van der Waals surface area contributed by atoms with Gasteiger partial charge in [-0.25, -0.2) is 0 Å². The summed E-state index contributed by atoms with van der Waals surface area (Å²) in [6, 6.07) is 10.5. The topological polar surface area (TPSA) is 45.7 Å². The lowest BCUT2D eigenvalue weighted by atomic mass is 10.2. The van der Waals surface area contributed by atoms with Gasteiger partial charge in [0, 0.05) is 19.1 Å². The molecule has 1 aromatic carbocycles. The van der Waals surface area contributed by atoms with Crippen molar-refractivity contribution in [3.63, 3.8) is 0 Å². The number of hydrogen-bond donors (Lipinski definition) is 2. The molecule has 2 N–H and O–H groups in total. The first-order valence-electron chi connectivity index (χ1n) is 8.26. The van der Waals surface area contributed by atoms with Gasteiger partial charge >= 0.3 is 0 Å². The van der Waals surface area contributed by atoms with Crippen molar-refractivity contribution in [2.24, 2.45) is 4.99 Å². The van der Waals surface area contributed by atoms with Gasteiger partial charge in [-0.1, -0.05) is 30.4 Å². The van der Waals surface area contributed by atoms with Crippen LogP contribution in [0.25, 0.3) is 0 Å². The zero-order chi connectivity index (χ0) is 15.5. The molecule has 4 nitrogen and oxygen atoms in total. The highest BCUT2D eigenvalue weighted by molar-refractivity contribution is 5.80. The molecule has 0 aromatic heterocycles. The van der Waals surface area contributed by atoms with E-state index in [1.54, 1.807) is 0 Å².